The zero-order valence-electron chi connectivity index (χ0n) is 16.2. The maximum Gasteiger partial charge on any atom is 0.331 e. The van der Waals surface area contributed by atoms with Gasteiger partial charge in [0.15, 0.2) is 0 Å². The quantitative estimate of drug-likeness (QED) is 0.228. The summed E-state index contributed by atoms with van der Waals surface area (Å²) in [5.41, 5.74) is 2.32. The van der Waals surface area contributed by atoms with Crippen LogP contribution >= 0.6 is 19.2 Å². The molecule has 0 aliphatic heterocycles. The van der Waals surface area contributed by atoms with E-state index in [0.717, 1.165) is 24.0 Å². The van der Waals surface area contributed by atoms with Crippen LogP contribution in [0.15, 0.2) is 60.7 Å². The van der Waals surface area contributed by atoms with Crippen LogP contribution in [0, 0.1) is 0 Å². The van der Waals surface area contributed by atoms with Gasteiger partial charge < -0.3 is 9.05 Å². The first-order valence-corrected chi connectivity index (χ1v) is 11.9. The summed E-state index contributed by atoms with van der Waals surface area (Å²) in [5.74, 6) is 0.555. The fourth-order valence-electron chi connectivity index (χ4n) is 3.05. The van der Waals surface area contributed by atoms with Crippen LogP contribution < -0.4 is 0 Å². The molecule has 27 heavy (non-hydrogen) atoms. The zero-order valence-corrected chi connectivity index (χ0v) is 17.9. The van der Waals surface area contributed by atoms with Gasteiger partial charge in [0.25, 0.3) is 0 Å². The highest BCUT2D eigenvalue weighted by Gasteiger charge is 2.29. The molecule has 0 aromatic heterocycles. The minimum Gasteiger partial charge on any atom is -0.305 e. The summed E-state index contributed by atoms with van der Waals surface area (Å²) in [6.45, 7) is 3.90. The normalized spacial score (nSPS) is 15.8. The van der Waals surface area contributed by atoms with E-state index in [9.17, 15) is 4.57 Å². The van der Waals surface area contributed by atoms with Gasteiger partial charge in [0.05, 0.1) is 18.4 Å². The average molecular weight is 409 g/mol. The minimum atomic E-state index is -3.19. The Kier molecular flexibility index (Phi) is 9.58. The average Bonchev–Trinajstić information content (AvgIpc) is 2.63. The molecular weight excluding hydrogens is 379 g/mol. The Balaban J connectivity index is 1.98. The molecule has 5 heteroatoms. The van der Waals surface area contributed by atoms with E-state index in [2.05, 4.69) is 24.3 Å². The van der Waals surface area contributed by atoms with E-state index < -0.39 is 7.60 Å². The molecule has 2 rings (SSSR count). The molecule has 0 amide bonds. The van der Waals surface area contributed by atoms with Crippen LogP contribution in [-0.2, 0) is 26.5 Å². The summed E-state index contributed by atoms with van der Waals surface area (Å²) in [6.07, 6.45) is 2.98. The summed E-state index contributed by atoms with van der Waals surface area (Å²) in [6, 6.07) is 20.2. The number of alkyl halides is 1. The van der Waals surface area contributed by atoms with Crippen LogP contribution in [0.1, 0.15) is 37.8 Å². The first kappa shape index (κ1) is 22.2. The van der Waals surface area contributed by atoms with Gasteiger partial charge in [-0.25, -0.2) is 0 Å². The number of unbranched alkanes of at least 4 members (excludes halogenated alkanes) is 1. The number of hydrogen-bond donors (Lipinski definition) is 0. The highest BCUT2D eigenvalue weighted by Crippen LogP contribution is 2.51. The molecule has 3 nitrogen and oxygen atoms in total. The predicted molar refractivity (Wildman–Crippen MR) is 114 cm³/mol. The Hall–Kier alpha value is -1.12. The predicted octanol–water partition coefficient (Wildman–Crippen LogP) is 6.49. The van der Waals surface area contributed by atoms with E-state index in [1.54, 1.807) is 0 Å². The first-order valence-electron chi connectivity index (χ1n) is 9.60. The number of halogens is 1. The molecule has 2 aromatic carbocycles. The van der Waals surface area contributed by atoms with Gasteiger partial charge in [-0.2, -0.15) is 0 Å². The molecule has 2 unspecified atom stereocenters. The molecule has 0 bridgehead atoms. The lowest BCUT2D eigenvalue weighted by molar-refractivity contribution is 0.127. The van der Waals surface area contributed by atoms with Crippen molar-refractivity contribution in [3.8, 4) is 0 Å². The van der Waals surface area contributed by atoms with Crippen LogP contribution in [-0.4, -0.2) is 24.2 Å². The lowest BCUT2D eigenvalue weighted by Crippen LogP contribution is -2.17. The van der Waals surface area contributed by atoms with Crippen LogP contribution in [0.2, 0.25) is 0 Å². The zero-order chi connectivity index (χ0) is 19.5. The summed E-state index contributed by atoms with van der Waals surface area (Å²) in [4.78, 5) is 0. The van der Waals surface area contributed by atoms with E-state index in [4.69, 9.17) is 20.6 Å². The van der Waals surface area contributed by atoms with Crippen molar-refractivity contribution in [3.63, 3.8) is 0 Å². The van der Waals surface area contributed by atoms with Crippen molar-refractivity contribution in [2.45, 2.75) is 51.7 Å². The van der Waals surface area contributed by atoms with Gasteiger partial charge in [-0.05, 0) is 50.7 Å². The molecule has 0 saturated heterocycles. The molecule has 0 heterocycles. The second kappa shape index (κ2) is 11.7. The van der Waals surface area contributed by atoms with Crippen molar-refractivity contribution in [1.29, 1.82) is 0 Å². The van der Waals surface area contributed by atoms with E-state index >= 15 is 0 Å². The third kappa shape index (κ3) is 8.62. The number of hydrogen-bond acceptors (Lipinski definition) is 3. The molecule has 2 atom stereocenters. The molecule has 0 spiro atoms. The highest BCUT2D eigenvalue weighted by molar-refractivity contribution is 7.53. The van der Waals surface area contributed by atoms with Crippen molar-refractivity contribution in [2.75, 3.05) is 12.0 Å². The molecule has 0 aliphatic rings. The van der Waals surface area contributed by atoms with Crippen molar-refractivity contribution >= 4 is 19.2 Å². The molecule has 148 valence electrons. The van der Waals surface area contributed by atoms with Gasteiger partial charge in [0.1, 0.15) is 0 Å². The van der Waals surface area contributed by atoms with Crippen LogP contribution in [0.5, 0.6) is 0 Å². The largest absolute Gasteiger partial charge is 0.331 e. The molecular formula is C22H30ClO3P. The van der Waals surface area contributed by atoms with Gasteiger partial charge in [0.2, 0.25) is 0 Å². The third-order valence-electron chi connectivity index (χ3n) is 4.23. The van der Waals surface area contributed by atoms with Gasteiger partial charge in [0, 0.05) is 5.88 Å². The van der Waals surface area contributed by atoms with E-state index in [-0.39, 0.29) is 12.2 Å². The summed E-state index contributed by atoms with van der Waals surface area (Å²) in [7, 11) is -3.19. The molecule has 2 aromatic rings. The van der Waals surface area contributed by atoms with Crippen LogP contribution in [0.25, 0.3) is 0 Å². The van der Waals surface area contributed by atoms with Crippen LogP contribution in [0.4, 0.5) is 0 Å². The fraction of sp³-hybridized carbons (Fsp3) is 0.455. The molecule has 0 aliphatic carbocycles. The fourth-order valence-corrected chi connectivity index (χ4v) is 5.35. The molecule has 0 radical (unpaired) electrons. The lowest BCUT2D eigenvalue weighted by Gasteiger charge is -2.26. The summed E-state index contributed by atoms with van der Waals surface area (Å²) >= 11 is 5.79. The van der Waals surface area contributed by atoms with Crippen LogP contribution in [0.3, 0.4) is 0 Å². The van der Waals surface area contributed by atoms with Gasteiger partial charge in [-0.15, -0.1) is 11.6 Å². The van der Waals surface area contributed by atoms with Crippen molar-refractivity contribution < 1.29 is 13.6 Å². The maximum absolute atomic E-state index is 13.4. The Morgan fingerprint density at radius 3 is 1.67 bits per heavy atom. The van der Waals surface area contributed by atoms with Gasteiger partial charge >= 0.3 is 7.60 Å². The second-order valence-electron chi connectivity index (χ2n) is 6.94. The lowest BCUT2D eigenvalue weighted by atomic mass is 10.1. The van der Waals surface area contributed by atoms with E-state index in [0.29, 0.717) is 24.9 Å². The first-order chi connectivity index (χ1) is 13.0. The van der Waals surface area contributed by atoms with Crippen molar-refractivity contribution in [2.24, 2.45) is 0 Å². The molecule has 0 saturated carbocycles. The maximum atomic E-state index is 13.4. The van der Waals surface area contributed by atoms with Gasteiger partial charge in [-0.1, -0.05) is 60.7 Å². The third-order valence-corrected chi connectivity index (χ3v) is 6.72. The van der Waals surface area contributed by atoms with E-state index in [1.807, 2.05) is 50.2 Å². The Morgan fingerprint density at radius 2 is 1.26 bits per heavy atom. The topological polar surface area (TPSA) is 35.5 Å². The minimum absolute atomic E-state index is 0.182. The van der Waals surface area contributed by atoms with Crippen molar-refractivity contribution in [1.82, 2.24) is 0 Å². The molecule has 0 N–H and O–H groups in total. The SMILES string of the molecule is CC(Cc1ccccc1)OP(=O)(CCCCCl)OC(C)Cc1ccccc1. The van der Waals surface area contributed by atoms with Crippen molar-refractivity contribution in [3.05, 3.63) is 71.8 Å². The second-order valence-corrected chi connectivity index (χ2v) is 9.41. The Labute approximate surface area is 168 Å². The Bertz CT molecular complexity index is 640. The summed E-state index contributed by atoms with van der Waals surface area (Å²) < 4.78 is 25.4. The van der Waals surface area contributed by atoms with E-state index in [1.165, 1.54) is 0 Å². The molecule has 0 fully saturated rings. The monoisotopic (exact) mass is 408 g/mol. The Morgan fingerprint density at radius 1 is 0.815 bits per heavy atom. The smallest absolute Gasteiger partial charge is 0.305 e. The van der Waals surface area contributed by atoms with Gasteiger partial charge in [-0.3, -0.25) is 4.57 Å². The number of benzene rings is 2. The highest BCUT2D eigenvalue weighted by atomic mass is 35.5. The number of rotatable bonds is 12. The summed E-state index contributed by atoms with van der Waals surface area (Å²) in [5, 5.41) is 0. The standard InChI is InChI=1S/C22H30ClO3P/c1-19(17-21-11-5-3-6-12-21)25-27(24,16-10-9-15-23)26-20(2)18-22-13-7-4-8-14-22/h3-8,11-14,19-20H,9-10,15-18H2,1-2H3.